The van der Waals surface area contributed by atoms with E-state index in [1.54, 1.807) is 48.2 Å². The van der Waals surface area contributed by atoms with Gasteiger partial charge in [-0.3, -0.25) is 14.5 Å². The van der Waals surface area contributed by atoms with Crippen LogP contribution in [0.5, 0.6) is 0 Å². The lowest BCUT2D eigenvalue weighted by atomic mass is 10.3. The molecule has 1 aromatic rings. The molecule has 122 valence electrons. The van der Waals surface area contributed by atoms with Crippen molar-refractivity contribution >= 4 is 29.1 Å². The molecule has 0 heterocycles. The Bertz CT molecular complexity index is 508. The van der Waals surface area contributed by atoms with E-state index in [1.807, 2.05) is 0 Å². The number of hydrogen-bond acceptors (Lipinski definition) is 3. The van der Waals surface area contributed by atoms with Crippen LogP contribution in [0.3, 0.4) is 0 Å². The number of rotatable bonds is 8. The highest BCUT2D eigenvalue weighted by Gasteiger charge is 2.14. The number of likely N-dealkylation sites (N-methyl/N-ethyl adjacent to an activating group) is 2. The Balaban J connectivity index is 2.41. The summed E-state index contributed by atoms with van der Waals surface area (Å²) in [4.78, 5) is 27.3. The highest BCUT2D eigenvalue weighted by atomic mass is 35.5. The standard InChI is InChI=1S/C16H24ClN3O2/c1-4-5-10-20(3)16(22)12-19(2)11-15(21)18-14-9-7-6-8-13(14)17/h6-9H,4-5,10-12H2,1-3H3,(H,18,21). The van der Waals surface area contributed by atoms with Gasteiger partial charge in [0.15, 0.2) is 0 Å². The molecule has 0 spiro atoms. The Morgan fingerprint density at radius 2 is 1.86 bits per heavy atom. The van der Waals surface area contributed by atoms with Crippen LogP contribution in [0.4, 0.5) is 5.69 Å². The molecule has 1 N–H and O–H groups in total. The molecule has 6 heteroatoms. The molecule has 0 aliphatic carbocycles. The van der Waals surface area contributed by atoms with Crippen LogP contribution in [-0.4, -0.2) is 55.3 Å². The second kappa shape index (κ2) is 9.43. The predicted molar refractivity (Wildman–Crippen MR) is 90.1 cm³/mol. The Hall–Kier alpha value is -1.59. The van der Waals surface area contributed by atoms with Gasteiger partial charge in [0.2, 0.25) is 11.8 Å². The monoisotopic (exact) mass is 325 g/mol. The van der Waals surface area contributed by atoms with Crippen molar-refractivity contribution in [3.63, 3.8) is 0 Å². The number of anilines is 1. The number of benzene rings is 1. The van der Waals surface area contributed by atoms with Crippen molar-refractivity contribution in [2.24, 2.45) is 0 Å². The van der Waals surface area contributed by atoms with Crippen LogP contribution < -0.4 is 5.32 Å². The van der Waals surface area contributed by atoms with E-state index in [1.165, 1.54) is 0 Å². The first kappa shape index (κ1) is 18.5. The molecule has 0 fully saturated rings. The second-order valence-corrected chi connectivity index (χ2v) is 5.78. The number of hydrogen-bond donors (Lipinski definition) is 1. The highest BCUT2D eigenvalue weighted by molar-refractivity contribution is 6.33. The number of para-hydroxylation sites is 1. The van der Waals surface area contributed by atoms with E-state index in [0.29, 0.717) is 10.7 Å². The van der Waals surface area contributed by atoms with E-state index >= 15 is 0 Å². The summed E-state index contributed by atoms with van der Waals surface area (Å²) in [6.07, 6.45) is 2.03. The van der Waals surface area contributed by atoms with Crippen LogP contribution in [0, 0.1) is 0 Å². The fourth-order valence-electron chi connectivity index (χ4n) is 1.92. The zero-order valence-corrected chi connectivity index (χ0v) is 14.2. The second-order valence-electron chi connectivity index (χ2n) is 5.37. The van der Waals surface area contributed by atoms with Gasteiger partial charge in [0, 0.05) is 13.6 Å². The van der Waals surface area contributed by atoms with Gasteiger partial charge < -0.3 is 10.2 Å². The smallest absolute Gasteiger partial charge is 0.238 e. The van der Waals surface area contributed by atoms with Gasteiger partial charge in [-0.2, -0.15) is 0 Å². The van der Waals surface area contributed by atoms with Gasteiger partial charge in [0.1, 0.15) is 0 Å². The maximum atomic E-state index is 12.0. The summed E-state index contributed by atoms with van der Waals surface area (Å²) in [6, 6.07) is 7.06. The molecule has 0 radical (unpaired) electrons. The minimum absolute atomic E-state index is 0.0153. The Labute approximate surface area is 137 Å². The Morgan fingerprint density at radius 1 is 1.18 bits per heavy atom. The van der Waals surface area contributed by atoms with Gasteiger partial charge in [-0.15, -0.1) is 0 Å². The van der Waals surface area contributed by atoms with Gasteiger partial charge in [-0.05, 0) is 25.6 Å². The van der Waals surface area contributed by atoms with E-state index in [9.17, 15) is 9.59 Å². The van der Waals surface area contributed by atoms with Crippen molar-refractivity contribution in [1.82, 2.24) is 9.80 Å². The molecule has 0 aliphatic heterocycles. The summed E-state index contributed by atoms with van der Waals surface area (Å²) in [7, 11) is 3.54. The lowest BCUT2D eigenvalue weighted by Gasteiger charge is -2.21. The molecular formula is C16H24ClN3O2. The summed E-state index contributed by atoms with van der Waals surface area (Å²) in [5.41, 5.74) is 0.578. The van der Waals surface area contributed by atoms with Crippen molar-refractivity contribution in [2.75, 3.05) is 39.0 Å². The largest absolute Gasteiger partial charge is 0.345 e. The number of amides is 2. The topological polar surface area (TPSA) is 52.7 Å². The van der Waals surface area contributed by atoms with Crippen molar-refractivity contribution < 1.29 is 9.59 Å². The third-order valence-electron chi connectivity index (χ3n) is 3.24. The van der Waals surface area contributed by atoms with Crippen molar-refractivity contribution in [3.05, 3.63) is 29.3 Å². The summed E-state index contributed by atoms with van der Waals surface area (Å²) in [5, 5.41) is 3.23. The average molecular weight is 326 g/mol. The van der Waals surface area contributed by atoms with E-state index in [2.05, 4.69) is 12.2 Å². The number of halogens is 1. The van der Waals surface area contributed by atoms with Crippen LogP contribution in [0.2, 0.25) is 5.02 Å². The molecule has 1 aromatic carbocycles. The molecule has 22 heavy (non-hydrogen) atoms. The Morgan fingerprint density at radius 3 is 2.50 bits per heavy atom. The summed E-state index contributed by atoms with van der Waals surface area (Å²) >= 11 is 5.99. The van der Waals surface area contributed by atoms with Gasteiger partial charge in [0.25, 0.3) is 0 Å². The number of nitrogens with zero attached hydrogens (tertiary/aromatic N) is 2. The first-order chi connectivity index (χ1) is 10.4. The third-order valence-corrected chi connectivity index (χ3v) is 3.57. The number of carbonyl (C=O) groups excluding carboxylic acids is 2. The van der Waals surface area contributed by atoms with Gasteiger partial charge in [0.05, 0.1) is 23.8 Å². The molecule has 0 saturated carbocycles. The molecular weight excluding hydrogens is 302 g/mol. The SMILES string of the molecule is CCCCN(C)C(=O)CN(C)CC(=O)Nc1ccccc1Cl. The summed E-state index contributed by atoms with van der Waals surface area (Å²) < 4.78 is 0. The summed E-state index contributed by atoms with van der Waals surface area (Å²) in [5.74, 6) is -0.180. The fourth-order valence-corrected chi connectivity index (χ4v) is 2.11. The molecule has 2 amide bonds. The van der Waals surface area contributed by atoms with Gasteiger partial charge in [-0.25, -0.2) is 0 Å². The third kappa shape index (κ3) is 6.45. The van der Waals surface area contributed by atoms with Crippen LogP contribution in [0.1, 0.15) is 19.8 Å². The average Bonchev–Trinajstić information content (AvgIpc) is 2.46. The van der Waals surface area contributed by atoms with Crippen molar-refractivity contribution in [3.8, 4) is 0 Å². The number of carbonyl (C=O) groups is 2. The number of nitrogens with one attached hydrogen (secondary N) is 1. The van der Waals surface area contributed by atoms with Crippen LogP contribution in [0.25, 0.3) is 0 Å². The molecule has 0 unspecified atom stereocenters. The van der Waals surface area contributed by atoms with Crippen LogP contribution in [-0.2, 0) is 9.59 Å². The molecule has 0 atom stereocenters. The predicted octanol–water partition coefficient (Wildman–Crippen LogP) is 2.47. The number of unbranched alkanes of at least 4 members (excludes halogenated alkanes) is 1. The lowest BCUT2D eigenvalue weighted by molar-refractivity contribution is -0.131. The zero-order valence-electron chi connectivity index (χ0n) is 13.4. The first-order valence-corrected chi connectivity index (χ1v) is 7.78. The zero-order chi connectivity index (χ0) is 16.5. The van der Waals surface area contributed by atoms with Gasteiger partial charge in [-0.1, -0.05) is 37.1 Å². The quantitative estimate of drug-likeness (QED) is 0.799. The highest BCUT2D eigenvalue weighted by Crippen LogP contribution is 2.20. The minimum Gasteiger partial charge on any atom is -0.345 e. The van der Waals surface area contributed by atoms with E-state index in [-0.39, 0.29) is 24.9 Å². The van der Waals surface area contributed by atoms with Crippen molar-refractivity contribution in [2.45, 2.75) is 19.8 Å². The first-order valence-electron chi connectivity index (χ1n) is 7.41. The Kier molecular flexibility index (Phi) is 7.91. The van der Waals surface area contributed by atoms with Gasteiger partial charge >= 0.3 is 0 Å². The van der Waals surface area contributed by atoms with E-state index in [4.69, 9.17) is 11.6 Å². The normalized spacial score (nSPS) is 10.6. The molecule has 5 nitrogen and oxygen atoms in total. The molecule has 0 aromatic heterocycles. The molecule has 1 rings (SSSR count). The minimum atomic E-state index is -0.195. The molecule has 0 aliphatic rings. The summed E-state index contributed by atoms with van der Waals surface area (Å²) in [6.45, 7) is 3.19. The molecule has 0 bridgehead atoms. The maximum Gasteiger partial charge on any atom is 0.238 e. The molecule has 0 saturated heterocycles. The van der Waals surface area contributed by atoms with Crippen LogP contribution in [0.15, 0.2) is 24.3 Å². The fraction of sp³-hybridized carbons (Fsp3) is 0.500. The van der Waals surface area contributed by atoms with E-state index < -0.39 is 0 Å². The van der Waals surface area contributed by atoms with Crippen LogP contribution >= 0.6 is 11.6 Å². The van der Waals surface area contributed by atoms with E-state index in [0.717, 1.165) is 19.4 Å². The van der Waals surface area contributed by atoms with Crippen molar-refractivity contribution in [1.29, 1.82) is 0 Å². The maximum absolute atomic E-state index is 12.0. The lowest BCUT2D eigenvalue weighted by Crippen LogP contribution is -2.40.